The topological polar surface area (TPSA) is 65.1 Å². The second-order valence-corrected chi connectivity index (χ2v) is 6.44. The lowest BCUT2D eigenvalue weighted by Gasteiger charge is -2.13. The maximum atomic E-state index is 12.5. The number of ether oxygens (including phenoxy) is 3. The third kappa shape index (κ3) is 4.07. The lowest BCUT2D eigenvalue weighted by Crippen LogP contribution is -2.30. The number of methoxy groups -OCH3 is 3. The molecular formula is C16H17NO5S2. The molecule has 1 heterocycles. The maximum Gasteiger partial charge on any atom is 0.307 e. The van der Waals surface area contributed by atoms with Gasteiger partial charge in [0.1, 0.15) is 15.8 Å². The molecule has 0 atom stereocenters. The van der Waals surface area contributed by atoms with Gasteiger partial charge in [-0.15, -0.1) is 0 Å². The molecule has 1 saturated heterocycles. The molecule has 0 N–H and O–H groups in total. The molecule has 0 bridgehead atoms. The first-order valence-electron chi connectivity index (χ1n) is 7.04. The zero-order valence-corrected chi connectivity index (χ0v) is 15.2. The van der Waals surface area contributed by atoms with Gasteiger partial charge in [-0.2, -0.15) is 0 Å². The van der Waals surface area contributed by atoms with E-state index in [0.29, 0.717) is 26.3 Å². The first-order chi connectivity index (χ1) is 11.5. The SMILES string of the molecule is COC(=O)CCN1C(=O)/C(=C\c2cc(OC)ccc2OC)SC1=S. The summed E-state index contributed by atoms with van der Waals surface area (Å²) in [6, 6.07) is 5.32. The monoisotopic (exact) mass is 367 g/mol. The van der Waals surface area contributed by atoms with Crippen LogP contribution in [0, 0.1) is 0 Å². The Bertz CT molecular complexity index is 702. The largest absolute Gasteiger partial charge is 0.497 e. The number of hydrogen-bond acceptors (Lipinski definition) is 7. The molecule has 0 aliphatic carbocycles. The summed E-state index contributed by atoms with van der Waals surface area (Å²) in [5, 5.41) is 0. The summed E-state index contributed by atoms with van der Waals surface area (Å²) in [4.78, 5) is 25.6. The van der Waals surface area contributed by atoms with Crippen molar-refractivity contribution in [2.24, 2.45) is 0 Å². The second kappa shape index (κ2) is 8.16. The lowest BCUT2D eigenvalue weighted by molar-refractivity contribution is -0.140. The first kappa shape index (κ1) is 18.3. The van der Waals surface area contributed by atoms with Crippen molar-refractivity contribution in [1.82, 2.24) is 4.90 Å². The van der Waals surface area contributed by atoms with Crippen LogP contribution in [0.3, 0.4) is 0 Å². The maximum absolute atomic E-state index is 12.5. The Labute approximate surface area is 149 Å². The van der Waals surface area contributed by atoms with Crippen molar-refractivity contribution in [2.75, 3.05) is 27.9 Å². The molecular weight excluding hydrogens is 350 g/mol. The second-order valence-electron chi connectivity index (χ2n) is 4.77. The van der Waals surface area contributed by atoms with E-state index in [9.17, 15) is 9.59 Å². The van der Waals surface area contributed by atoms with Gasteiger partial charge in [0.05, 0.1) is 32.7 Å². The van der Waals surface area contributed by atoms with E-state index >= 15 is 0 Å². The van der Waals surface area contributed by atoms with Crippen LogP contribution in [0.4, 0.5) is 0 Å². The summed E-state index contributed by atoms with van der Waals surface area (Å²) < 4.78 is 15.5. The van der Waals surface area contributed by atoms with E-state index in [2.05, 4.69) is 4.74 Å². The Morgan fingerprint density at radius 1 is 1.29 bits per heavy atom. The van der Waals surface area contributed by atoms with Crippen LogP contribution in [0.25, 0.3) is 6.08 Å². The molecule has 1 aliphatic rings. The van der Waals surface area contributed by atoms with Crippen LogP contribution in [0.15, 0.2) is 23.1 Å². The Balaban J connectivity index is 2.23. The van der Waals surface area contributed by atoms with E-state index in [4.69, 9.17) is 21.7 Å². The van der Waals surface area contributed by atoms with Gasteiger partial charge in [0.2, 0.25) is 0 Å². The molecule has 6 nitrogen and oxygen atoms in total. The fraction of sp³-hybridized carbons (Fsp3) is 0.312. The van der Waals surface area contributed by atoms with Gasteiger partial charge in [0.15, 0.2) is 0 Å². The molecule has 1 aromatic rings. The van der Waals surface area contributed by atoms with Crippen molar-refractivity contribution in [2.45, 2.75) is 6.42 Å². The fourth-order valence-corrected chi connectivity index (χ4v) is 3.39. The summed E-state index contributed by atoms with van der Waals surface area (Å²) >= 11 is 6.42. The van der Waals surface area contributed by atoms with Gasteiger partial charge >= 0.3 is 5.97 Å². The van der Waals surface area contributed by atoms with Crippen LogP contribution < -0.4 is 9.47 Å². The summed E-state index contributed by atoms with van der Waals surface area (Å²) in [6.45, 7) is 0.198. The van der Waals surface area contributed by atoms with Crippen molar-refractivity contribution in [3.63, 3.8) is 0 Å². The summed E-state index contributed by atoms with van der Waals surface area (Å²) in [5.74, 6) is 0.653. The molecule has 0 radical (unpaired) electrons. The number of nitrogens with zero attached hydrogens (tertiary/aromatic N) is 1. The van der Waals surface area contributed by atoms with Gasteiger partial charge < -0.3 is 14.2 Å². The predicted molar refractivity (Wildman–Crippen MR) is 96.1 cm³/mol. The third-order valence-corrected chi connectivity index (χ3v) is 4.74. The number of carbonyl (C=O) groups is 2. The summed E-state index contributed by atoms with van der Waals surface area (Å²) in [7, 11) is 4.43. The van der Waals surface area contributed by atoms with Gasteiger partial charge in [-0.05, 0) is 24.3 Å². The molecule has 0 spiro atoms. The van der Waals surface area contributed by atoms with Gasteiger partial charge in [0.25, 0.3) is 5.91 Å². The highest BCUT2D eigenvalue weighted by Crippen LogP contribution is 2.35. The summed E-state index contributed by atoms with van der Waals surface area (Å²) in [6.07, 6.45) is 1.80. The predicted octanol–water partition coefficient (Wildman–Crippen LogP) is 2.47. The standard InChI is InChI=1S/C16H17NO5S2/c1-20-11-4-5-12(21-2)10(8-11)9-13-15(19)17(16(23)24-13)7-6-14(18)22-3/h4-5,8-9H,6-7H2,1-3H3/b13-9+. The van der Waals surface area contributed by atoms with Crippen molar-refractivity contribution in [1.29, 1.82) is 0 Å². The average Bonchev–Trinajstić information content (AvgIpc) is 2.86. The van der Waals surface area contributed by atoms with Crippen molar-refractivity contribution < 1.29 is 23.8 Å². The van der Waals surface area contributed by atoms with E-state index in [1.54, 1.807) is 38.5 Å². The number of thiocarbonyl (C=S) groups is 1. The highest BCUT2D eigenvalue weighted by Gasteiger charge is 2.32. The number of rotatable bonds is 6. The van der Waals surface area contributed by atoms with Crippen molar-refractivity contribution >= 4 is 46.3 Å². The Morgan fingerprint density at radius 3 is 2.67 bits per heavy atom. The lowest BCUT2D eigenvalue weighted by atomic mass is 10.1. The molecule has 0 aromatic heterocycles. The molecule has 1 amide bonds. The van der Waals surface area contributed by atoms with E-state index < -0.39 is 0 Å². The molecule has 0 unspecified atom stereocenters. The number of amides is 1. The van der Waals surface area contributed by atoms with Crippen LogP contribution >= 0.6 is 24.0 Å². The van der Waals surface area contributed by atoms with Crippen LogP contribution in [-0.2, 0) is 14.3 Å². The molecule has 8 heteroatoms. The minimum Gasteiger partial charge on any atom is -0.497 e. The number of hydrogen-bond donors (Lipinski definition) is 0. The highest BCUT2D eigenvalue weighted by atomic mass is 32.2. The van der Waals surface area contributed by atoms with Crippen LogP contribution in [0.1, 0.15) is 12.0 Å². The highest BCUT2D eigenvalue weighted by molar-refractivity contribution is 8.26. The zero-order chi connectivity index (χ0) is 17.7. The molecule has 128 valence electrons. The molecule has 1 aliphatic heterocycles. The van der Waals surface area contributed by atoms with E-state index in [-0.39, 0.29) is 24.8 Å². The van der Waals surface area contributed by atoms with Gasteiger partial charge in [0, 0.05) is 12.1 Å². The molecule has 1 fully saturated rings. The van der Waals surface area contributed by atoms with Crippen LogP contribution in [0.5, 0.6) is 11.5 Å². The van der Waals surface area contributed by atoms with E-state index in [1.807, 2.05) is 0 Å². The summed E-state index contributed by atoms with van der Waals surface area (Å²) in [5.41, 5.74) is 0.713. The van der Waals surface area contributed by atoms with Gasteiger partial charge in [-0.3, -0.25) is 14.5 Å². The minimum absolute atomic E-state index is 0.0959. The Hall–Kier alpha value is -2.06. The third-order valence-electron chi connectivity index (χ3n) is 3.36. The number of thioether (sulfide) groups is 1. The quantitative estimate of drug-likeness (QED) is 0.435. The van der Waals surface area contributed by atoms with Crippen molar-refractivity contribution in [3.05, 3.63) is 28.7 Å². The number of benzene rings is 1. The van der Waals surface area contributed by atoms with Crippen LogP contribution in [0.2, 0.25) is 0 Å². The van der Waals surface area contributed by atoms with E-state index in [1.165, 1.54) is 23.8 Å². The van der Waals surface area contributed by atoms with Gasteiger partial charge in [-0.25, -0.2) is 0 Å². The van der Waals surface area contributed by atoms with Crippen molar-refractivity contribution in [3.8, 4) is 11.5 Å². The molecule has 24 heavy (non-hydrogen) atoms. The van der Waals surface area contributed by atoms with Crippen LogP contribution in [-0.4, -0.2) is 49.0 Å². The molecule has 1 aromatic carbocycles. The Morgan fingerprint density at radius 2 is 2.04 bits per heavy atom. The normalized spacial score (nSPS) is 15.8. The number of esters is 1. The average molecular weight is 367 g/mol. The smallest absolute Gasteiger partial charge is 0.307 e. The molecule has 0 saturated carbocycles. The first-order valence-corrected chi connectivity index (χ1v) is 8.26. The Kier molecular flexibility index (Phi) is 6.22. The van der Waals surface area contributed by atoms with Gasteiger partial charge in [-0.1, -0.05) is 24.0 Å². The number of carbonyl (C=O) groups excluding carboxylic acids is 2. The fourth-order valence-electron chi connectivity index (χ4n) is 2.09. The zero-order valence-electron chi connectivity index (χ0n) is 13.5. The molecule has 2 rings (SSSR count). The van der Waals surface area contributed by atoms with E-state index in [0.717, 1.165) is 0 Å². The minimum atomic E-state index is -0.387.